The summed E-state index contributed by atoms with van der Waals surface area (Å²) in [5.41, 5.74) is 0.929. The van der Waals surface area contributed by atoms with Gasteiger partial charge >= 0.3 is 12.1 Å². The molecule has 2 N–H and O–H groups in total. The Balaban J connectivity index is 1.64. The summed E-state index contributed by atoms with van der Waals surface area (Å²) >= 11 is 6.19. The fourth-order valence-electron chi connectivity index (χ4n) is 3.46. The number of alkyl halides is 3. The maximum atomic E-state index is 13.9. The summed E-state index contributed by atoms with van der Waals surface area (Å²) in [5.74, 6) is -0.697. The minimum Gasteiger partial charge on any atom is -0.481 e. The second-order valence-electron chi connectivity index (χ2n) is 7.62. The molecule has 0 saturated carbocycles. The number of aromatic nitrogens is 3. The molecule has 4 rings (SSSR count). The molecule has 0 aliphatic rings. The molecule has 0 atom stereocenters. The fourth-order valence-corrected chi connectivity index (χ4v) is 3.69. The van der Waals surface area contributed by atoms with E-state index in [4.69, 9.17) is 21.2 Å². The first-order valence-corrected chi connectivity index (χ1v) is 10.7. The first kappa shape index (κ1) is 24.2. The van der Waals surface area contributed by atoms with E-state index in [1.54, 1.807) is 31.2 Å². The third-order valence-corrected chi connectivity index (χ3v) is 5.45. The van der Waals surface area contributed by atoms with Gasteiger partial charge in [-0.1, -0.05) is 47.1 Å². The molecular formula is C24H18ClF3N4O3. The van der Waals surface area contributed by atoms with E-state index >= 15 is 0 Å². The molecule has 0 saturated heterocycles. The second-order valence-corrected chi connectivity index (χ2v) is 8.03. The van der Waals surface area contributed by atoms with Crippen LogP contribution in [0.15, 0.2) is 59.3 Å². The van der Waals surface area contributed by atoms with Crippen molar-refractivity contribution in [3.05, 3.63) is 70.9 Å². The first-order chi connectivity index (χ1) is 16.6. The molecule has 2 heterocycles. The summed E-state index contributed by atoms with van der Waals surface area (Å²) < 4.78 is 47.0. The number of carboxylic acids is 1. The number of rotatable bonds is 7. The number of pyridine rings is 1. The van der Waals surface area contributed by atoms with Gasteiger partial charge in [-0.25, -0.2) is 4.98 Å². The van der Waals surface area contributed by atoms with Gasteiger partial charge in [0.15, 0.2) is 0 Å². The predicted octanol–water partition coefficient (Wildman–Crippen LogP) is 6.33. The van der Waals surface area contributed by atoms with Crippen LogP contribution in [0.4, 0.5) is 19.0 Å². The standard InChI is InChI=1S/C24H18ClF3N4O3/c1-13-4-2-3-5-16(13)17-7-6-14(10-18(17)24(26,27)28)23-31-21(32-35-23)15-11-19(25)22(30-12-15)29-9-8-20(33)34/h2-7,10-12H,8-9H2,1H3,(H,29,30)(H,33,34). The Bertz CT molecular complexity index is 1390. The van der Waals surface area contributed by atoms with Gasteiger partial charge in [0.1, 0.15) is 5.82 Å². The summed E-state index contributed by atoms with van der Waals surface area (Å²) in [6.45, 7) is 1.88. The number of halogens is 4. The summed E-state index contributed by atoms with van der Waals surface area (Å²) in [6, 6.07) is 12.2. The summed E-state index contributed by atoms with van der Waals surface area (Å²) in [7, 11) is 0. The van der Waals surface area contributed by atoms with Crippen molar-refractivity contribution in [3.8, 4) is 34.0 Å². The van der Waals surface area contributed by atoms with Crippen LogP contribution in [0, 0.1) is 6.92 Å². The van der Waals surface area contributed by atoms with Crippen molar-refractivity contribution in [2.45, 2.75) is 19.5 Å². The van der Waals surface area contributed by atoms with Crippen LogP contribution in [0.2, 0.25) is 5.02 Å². The third kappa shape index (κ3) is 5.43. The number of nitrogens with zero attached hydrogens (tertiary/aromatic N) is 3. The van der Waals surface area contributed by atoms with E-state index in [-0.39, 0.29) is 46.6 Å². The number of carboxylic acid groups (broad SMARTS) is 1. The fraction of sp³-hybridized carbons (Fsp3) is 0.167. The number of aliphatic carboxylic acids is 1. The van der Waals surface area contributed by atoms with Crippen molar-refractivity contribution in [3.63, 3.8) is 0 Å². The van der Waals surface area contributed by atoms with Crippen LogP contribution in [0.5, 0.6) is 0 Å². The second kappa shape index (κ2) is 9.75. The number of hydrogen-bond acceptors (Lipinski definition) is 6. The number of hydrogen-bond donors (Lipinski definition) is 2. The SMILES string of the molecule is Cc1ccccc1-c1ccc(-c2nc(-c3cnc(NCCC(=O)O)c(Cl)c3)no2)cc1C(F)(F)F. The highest BCUT2D eigenvalue weighted by molar-refractivity contribution is 6.33. The zero-order valence-electron chi connectivity index (χ0n) is 18.2. The Hall–Kier alpha value is -3.92. The van der Waals surface area contributed by atoms with Crippen molar-refractivity contribution < 1.29 is 27.6 Å². The van der Waals surface area contributed by atoms with Gasteiger partial charge in [-0.15, -0.1) is 0 Å². The van der Waals surface area contributed by atoms with Crippen molar-refractivity contribution in [1.29, 1.82) is 0 Å². The van der Waals surface area contributed by atoms with Crippen LogP contribution in [0.1, 0.15) is 17.5 Å². The van der Waals surface area contributed by atoms with Gasteiger partial charge in [0, 0.05) is 23.9 Å². The first-order valence-electron chi connectivity index (χ1n) is 10.4. The number of carbonyl (C=O) groups is 1. The lowest BCUT2D eigenvalue weighted by atomic mass is 9.94. The van der Waals surface area contributed by atoms with Crippen LogP contribution in [0.25, 0.3) is 34.0 Å². The summed E-state index contributed by atoms with van der Waals surface area (Å²) in [4.78, 5) is 19.0. The topological polar surface area (TPSA) is 101 Å². The van der Waals surface area contributed by atoms with Gasteiger partial charge in [0.05, 0.1) is 17.0 Å². The van der Waals surface area contributed by atoms with Crippen LogP contribution >= 0.6 is 11.6 Å². The van der Waals surface area contributed by atoms with Gasteiger partial charge in [0.2, 0.25) is 5.82 Å². The number of benzene rings is 2. The minimum atomic E-state index is -4.60. The molecule has 0 bridgehead atoms. The zero-order chi connectivity index (χ0) is 25.2. The van der Waals surface area contributed by atoms with Crippen LogP contribution in [-0.4, -0.2) is 32.7 Å². The molecule has 0 unspecified atom stereocenters. The van der Waals surface area contributed by atoms with Crippen molar-refractivity contribution in [1.82, 2.24) is 15.1 Å². The molecule has 0 spiro atoms. The maximum Gasteiger partial charge on any atom is 0.417 e. The lowest BCUT2D eigenvalue weighted by Crippen LogP contribution is -2.08. The van der Waals surface area contributed by atoms with Gasteiger partial charge in [-0.05, 0) is 41.8 Å². The van der Waals surface area contributed by atoms with E-state index in [9.17, 15) is 18.0 Å². The largest absolute Gasteiger partial charge is 0.481 e. The molecule has 0 fully saturated rings. The molecule has 0 aliphatic heterocycles. The summed E-state index contributed by atoms with van der Waals surface area (Å²) in [5, 5.41) is 15.6. The number of anilines is 1. The monoisotopic (exact) mass is 502 g/mol. The van der Waals surface area contributed by atoms with E-state index in [2.05, 4.69) is 20.4 Å². The Labute approximate surface area is 202 Å². The molecular weight excluding hydrogens is 485 g/mol. The van der Waals surface area contributed by atoms with E-state index in [1.807, 2.05) is 0 Å². The van der Waals surface area contributed by atoms with Crippen LogP contribution < -0.4 is 5.32 Å². The molecule has 35 heavy (non-hydrogen) atoms. The molecule has 180 valence electrons. The summed E-state index contributed by atoms with van der Waals surface area (Å²) in [6.07, 6.45) is -3.32. The van der Waals surface area contributed by atoms with Crippen LogP contribution in [-0.2, 0) is 11.0 Å². The van der Waals surface area contributed by atoms with Crippen molar-refractivity contribution in [2.75, 3.05) is 11.9 Å². The Morgan fingerprint density at radius 1 is 1.11 bits per heavy atom. The van der Waals surface area contributed by atoms with E-state index in [1.165, 1.54) is 24.4 Å². The normalized spacial score (nSPS) is 11.5. The molecule has 7 nitrogen and oxygen atoms in total. The van der Waals surface area contributed by atoms with Crippen molar-refractivity contribution in [2.24, 2.45) is 0 Å². The van der Waals surface area contributed by atoms with E-state index < -0.39 is 17.7 Å². The Morgan fingerprint density at radius 2 is 1.89 bits per heavy atom. The third-order valence-electron chi connectivity index (χ3n) is 5.16. The Kier molecular flexibility index (Phi) is 6.74. The minimum absolute atomic E-state index is 0.0565. The molecule has 0 radical (unpaired) electrons. The van der Waals surface area contributed by atoms with Gasteiger partial charge in [0.25, 0.3) is 5.89 Å². The van der Waals surface area contributed by atoms with Gasteiger partial charge in [-0.3, -0.25) is 4.79 Å². The number of nitrogens with one attached hydrogen (secondary N) is 1. The lowest BCUT2D eigenvalue weighted by molar-refractivity contribution is -0.137. The zero-order valence-corrected chi connectivity index (χ0v) is 19.0. The number of aryl methyl sites for hydroxylation is 1. The predicted molar refractivity (Wildman–Crippen MR) is 124 cm³/mol. The molecule has 2 aromatic carbocycles. The Morgan fingerprint density at radius 3 is 2.57 bits per heavy atom. The average molecular weight is 503 g/mol. The highest BCUT2D eigenvalue weighted by Crippen LogP contribution is 2.40. The van der Waals surface area contributed by atoms with Gasteiger partial charge < -0.3 is 14.9 Å². The maximum absolute atomic E-state index is 13.9. The highest BCUT2D eigenvalue weighted by atomic mass is 35.5. The smallest absolute Gasteiger partial charge is 0.417 e. The highest BCUT2D eigenvalue weighted by Gasteiger charge is 2.34. The lowest BCUT2D eigenvalue weighted by Gasteiger charge is -2.15. The van der Waals surface area contributed by atoms with E-state index in [0.29, 0.717) is 11.1 Å². The molecule has 0 amide bonds. The molecule has 0 aliphatic carbocycles. The average Bonchev–Trinajstić information content (AvgIpc) is 3.30. The van der Waals surface area contributed by atoms with Crippen LogP contribution in [0.3, 0.4) is 0 Å². The van der Waals surface area contributed by atoms with E-state index in [0.717, 1.165) is 11.6 Å². The quantitative estimate of drug-likeness (QED) is 0.304. The molecule has 2 aromatic heterocycles. The molecule has 11 heteroatoms. The van der Waals surface area contributed by atoms with Crippen molar-refractivity contribution >= 4 is 23.4 Å². The molecule has 4 aromatic rings. The van der Waals surface area contributed by atoms with Gasteiger partial charge in [-0.2, -0.15) is 18.2 Å².